The van der Waals surface area contributed by atoms with Crippen LogP contribution in [-0.2, 0) is 4.74 Å². The number of benzene rings is 3. The van der Waals surface area contributed by atoms with E-state index in [9.17, 15) is 4.79 Å². The number of rotatable bonds is 5. The van der Waals surface area contributed by atoms with Crippen LogP contribution in [0.5, 0.6) is 0 Å². The molecule has 0 N–H and O–H groups in total. The Morgan fingerprint density at radius 3 is 2.11 bits per heavy atom. The van der Waals surface area contributed by atoms with Crippen LogP contribution in [-0.4, -0.2) is 28.0 Å². The second-order valence-electron chi connectivity index (χ2n) is 6.73. The van der Waals surface area contributed by atoms with Gasteiger partial charge >= 0.3 is 178 Å². The molecule has 3 aromatic carbocycles. The van der Waals surface area contributed by atoms with E-state index in [4.69, 9.17) is 4.74 Å². The SMILES string of the molecule is COC(=O)c1c(C)c([Se]c2ccccc2)c(C)c(C)c1Sc1ccc(C)cc1. The zero-order chi connectivity index (χ0) is 20.3. The van der Waals surface area contributed by atoms with Crippen molar-refractivity contribution >= 4 is 41.6 Å². The quantitative estimate of drug-likeness (QED) is 0.418. The predicted octanol–water partition coefficient (Wildman–Crippen LogP) is 4.51. The first-order valence-corrected chi connectivity index (χ1v) is 11.6. The number of carbonyl (C=O) groups is 1. The second kappa shape index (κ2) is 9.00. The molecule has 0 heterocycles. The van der Waals surface area contributed by atoms with Gasteiger partial charge < -0.3 is 0 Å². The average Bonchev–Trinajstić information content (AvgIpc) is 2.71. The van der Waals surface area contributed by atoms with Gasteiger partial charge in [-0.15, -0.1) is 0 Å². The summed E-state index contributed by atoms with van der Waals surface area (Å²) in [5, 5.41) is 0. The number of methoxy groups -OCH3 is 1. The Morgan fingerprint density at radius 2 is 1.50 bits per heavy atom. The van der Waals surface area contributed by atoms with Crippen LogP contribution in [0.2, 0.25) is 0 Å². The molecule has 2 nitrogen and oxygen atoms in total. The van der Waals surface area contributed by atoms with Crippen molar-refractivity contribution in [2.45, 2.75) is 37.5 Å². The third-order valence-corrected chi connectivity index (χ3v) is 8.78. The second-order valence-corrected chi connectivity index (χ2v) is 10.1. The van der Waals surface area contributed by atoms with E-state index in [1.807, 2.05) is 6.07 Å². The van der Waals surface area contributed by atoms with Crippen LogP contribution in [0.4, 0.5) is 0 Å². The van der Waals surface area contributed by atoms with Gasteiger partial charge in [-0.05, 0) is 0 Å². The molecule has 0 aromatic heterocycles. The first-order valence-electron chi connectivity index (χ1n) is 9.12. The summed E-state index contributed by atoms with van der Waals surface area (Å²) in [4.78, 5) is 14.9. The van der Waals surface area contributed by atoms with E-state index in [1.54, 1.807) is 11.8 Å². The Kier molecular flexibility index (Phi) is 6.66. The Balaban J connectivity index is 2.14. The van der Waals surface area contributed by atoms with Crippen molar-refractivity contribution in [3.63, 3.8) is 0 Å². The molecule has 0 saturated carbocycles. The average molecular weight is 455 g/mol. The number of hydrogen-bond donors (Lipinski definition) is 0. The number of ether oxygens (including phenoxy) is 1. The first kappa shape index (κ1) is 20.7. The van der Waals surface area contributed by atoms with E-state index >= 15 is 0 Å². The molecule has 3 aromatic rings. The van der Waals surface area contributed by atoms with Gasteiger partial charge in [0.05, 0.1) is 0 Å². The van der Waals surface area contributed by atoms with Gasteiger partial charge in [-0.25, -0.2) is 0 Å². The van der Waals surface area contributed by atoms with Crippen LogP contribution in [0.1, 0.15) is 32.6 Å². The molecule has 0 aliphatic heterocycles. The molecule has 144 valence electrons. The Hall–Kier alpha value is -2.00. The fourth-order valence-corrected chi connectivity index (χ4v) is 6.49. The van der Waals surface area contributed by atoms with Crippen LogP contribution in [0.15, 0.2) is 64.4 Å². The summed E-state index contributed by atoms with van der Waals surface area (Å²) < 4.78 is 7.74. The van der Waals surface area contributed by atoms with Crippen molar-refractivity contribution in [2.24, 2.45) is 0 Å². The van der Waals surface area contributed by atoms with Gasteiger partial charge in [-0.1, -0.05) is 0 Å². The molecular weight excluding hydrogens is 431 g/mol. The zero-order valence-corrected chi connectivity index (χ0v) is 19.4. The molecule has 3 rings (SSSR count). The Labute approximate surface area is 177 Å². The molecule has 0 spiro atoms. The molecule has 28 heavy (non-hydrogen) atoms. The van der Waals surface area contributed by atoms with Gasteiger partial charge in [0.1, 0.15) is 0 Å². The molecule has 0 radical (unpaired) electrons. The number of carbonyl (C=O) groups excluding carboxylic acids is 1. The monoisotopic (exact) mass is 456 g/mol. The van der Waals surface area contributed by atoms with Gasteiger partial charge in [-0.3, -0.25) is 0 Å². The maximum atomic E-state index is 12.7. The third-order valence-electron chi connectivity index (χ3n) is 4.78. The van der Waals surface area contributed by atoms with Crippen molar-refractivity contribution < 1.29 is 9.53 Å². The zero-order valence-electron chi connectivity index (χ0n) is 16.8. The van der Waals surface area contributed by atoms with E-state index in [2.05, 4.69) is 76.2 Å². The van der Waals surface area contributed by atoms with Crippen molar-refractivity contribution in [2.75, 3.05) is 7.11 Å². The molecule has 0 aliphatic rings. The van der Waals surface area contributed by atoms with Crippen molar-refractivity contribution in [1.29, 1.82) is 0 Å². The molecule has 0 atom stereocenters. The van der Waals surface area contributed by atoms with Gasteiger partial charge in [0, 0.05) is 0 Å². The maximum absolute atomic E-state index is 12.7. The van der Waals surface area contributed by atoms with Crippen LogP contribution in [0, 0.1) is 27.7 Å². The summed E-state index contributed by atoms with van der Waals surface area (Å²) in [7, 11) is 1.46. The molecule has 0 saturated heterocycles. The Morgan fingerprint density at radius 1 is 0.857 bits per heavy atom. The van der Waals surface area contributed by atoms with Gasteiger partial charge in [-0.2, -0.15) is 0 Å². The van der Waals surface area contributed by atoms with Gasteiger partial charge in [0.2, 0.25) is 0 Å². The molecule has 0 fully saturated rings. The summed E-state index contributed by atoms with van der Waals surface area (Å²) in [6, 6.07) is 18.9. The first-order chi connectivity index (χ1) is 13.4. The van der Waals surface area contributed by atoms with Crippen molar-refractivity contribution in [3.8, 4) is 0 Å². The number of hydrogen-bond acceptors (Lipinski definition) is 3. The summed E-state index contributed by atoms with van der Waals surface area (Å²) >= 11 is 1.78. The molecular formula is C24H24O2SSe. The van der Waals surface area contributed by atoms with E-state index < -0.39 is 0 Å². The third kappa shape index (κ3) is 4.35. The van der Waals surface area contributed by atoms with E-state index in [1.165, 1.54) is 27.2 Å². The fraction of sp³-hybridized carbons (Fsp3) is 0.208. The van der Waals surface area contributed by atoms with Gasteiger partial charge in [0.15, 0.2) is 0 Å². The summed E-state index contributed by atoms with van der Waals surface area (Å²) in [5.41, 5.74) is 5.38. The molecule has 0 amide bonds. The summed E-state index contributed by atoms with van der Waals surface area (Å²) in [6.07, 6.45) is 0. The van der Waals surface area contributed by atoms with Gasteiger partial charge in [0.25, 0.3) is 0 Å². The minimum atomic E-state index is -0.264. The van der Waals surface area contributed by atoms with Crippen LogP contribution < -0.4 is 8.92 Å². The molecule has 4 heteroatoms. The fourth-order valence-electron chi connectivity index (χ4n) is 3.05. The molecule has 0 aliphatic carbocycles. The normalized spacial score (nSPS) is 10.8. The van der Waals surface area contributed by atoms with E-state index in [0.29, 0.717) is 5.56 Å². The van der Waals surface area contributed by atoms with Crippen molar-refractivity contribution in [3.05, 3.63) is 82.4 Å². The number of esters is 1. The van der Waals surface area contributed by atoms with E-state index in [-0.39, 0.29) is 20.9 Å². The number of aryl methyl sites for hydroxylation is 1. The molecule has 0 bridgehead atoms. The summed E-state index contributed by atoms with van der Waals surface area (Å²) in [6.45, 7) is 8.41. The summed E-state index contributed by atoms with van der Waals surface area (Å²) in [5.74, 6) is -0.264. The van der Waals surface area contributed by atoms with Crippen LogP contribution in [0.25, 0.3) is 0 Å². The predicted molar refractivity (Wildman–Crippen MR) is 119 cm³/mol. The van der Waals surface area contributed by atoms with Crippen molar-refractivity contribution in [1.82, 2.24) is 0 Å². The van der Waals surface area contributed by atoms with Crippen LogP contribution >= 0.6 is 11.8 Å². The standard InChI is InChI=1S/C24H24O2SSe/c1-15-11-13-19(14-12-15)27-22-16(2)17(3)23(18(4)21(22)24(25)26-5)28-20-9-7-6-8-10-20/h6-14H,1-5H3. The van der Waals surface area contributed by atoms with Crippen LogP contribution in [0.3, 0.4) is 0 Å². The van der Waals surface area contributed by atoms with E-state index in [0.717, 1.165) is 20.9 Å². The molecule has 0 unspecified atom stereocenters. The Bertz CT molecular complexity index is 996. The minimum absolute atomic E-state index is 0.135. The topological polar surface area (TPSA) is 26.3 Å².